The van der Waals surface area contributed by atoms with E-state index in [4.69, 9.17) is 4.74 Å². The third kappa shape index (κ3) is 3.78. The molecule has 20 heavy (non-hydrogen) atoms. The summed E-state index contributed by atoms with van der Waals surface area (Å²) in [4.78, 5) is 4.58. The van der Waals surface area contributed by atoms with Gasteiger partial charge in [-0.25, -0.2) is 0 Å². The van der Waals surface area contributed by atoms with Crippen molar-refractivity contribution in [3.63, 3.8) is 0 Å². The SMILES string of the molecule is CCCC1CC1NC(=NCC)NC1CC2CCC1O2.I. The molecule has 2 saturated heterocycles. The highest BCUT2D eigenvalue weighted by Crippen LogP contribution is 2.36. The maximum atomic E-state index is 5.90. The number of ether oxygens (including phenoxy) is 1. The summed E-state index contributed by atoms with van der Waals surface area (Å²) in [7, 11) is 0. The summed E-state index contributed by atoms with van der Waals surface area (Å²) in [5.41, 5.74) is 0. The first-order valence-electron chi connectivity index (χ1n) is 8.03. The summed E-state index contributed by atoms with van der Waals surface area (Å²) in [5.74, 6) is 1.87. The molecule has 1 saturated carbocycles. The van der Waals surface area contributed by atoms with Crippen LogP contribution in [0.4, 0.5) is 0 Å². The Balaban J connectivity index is 0.00000147. The molecule has 5 unspecified atom stereocenters. The second-order valence-electron chi connectivity index (χ2n) is 6.22. The summed E-state index contributed by atoms with van der Waals surface area (Å²) in [5, 5.41) is 7.19. The van der Waals surface area contributed by atoms with Crippen molar-refractivity contribution in [2.24, 2.45) is 10.9 Å². The largest absolute Gasteiger partial charge is 0.373 e. The molecule has 0 aromatic carbocycles. The van der Waals surface area contributed by atoms with Crippen LogP contribution in [0, 0.1) is 5.92 Å². The van der Waals surface area contributed by atoms with Gasteiger partial charge in [-0.3, -0.25) is 4.99 Å². The predicted molar refractivity (Wildman–Crippen MR) is 92.8 cm³/mol. The van der Waals surface area contributed by atoms with Crippen LogP contribution in [0.5, 0.6) is 0 Å². The number of hydrogen-bond acceptors (Lipinski definition) is 2. The Morgan fingerprint density at radius 1 is 1.15 bits per heavy atom. The molecule has 2 aliphatic heterocycles. The molecule has 3 aliphatic rings. The zero-order chi connectivity index (χ0) is 13.2. The molecule has 0 aromatic heterocycles. The number of halogens is 1. The van der Waals surface area contributed by atoms with E-state index in [2.05, 4.69) is 29.5 Å². The van der Waals surface area contributed by atoms with E-state index in [9.17, 15) is 0 Å². The van der Waals surface area contributed by atoms with E-state index in [0.717, 1.165) is 24.8 Å². The minimum Gasteiger partial charge on any atom is -0.373 e. The minimum atomic E-state index is 0. The smallest absolute Gasteiger partial charge is 0.191 e. The molecular formula is C15H28IN3O. The average molecular weight is 393 g/mol. The van der Waals surface area contributed by atoms with Gasteiger partial charge in [0.05, 0.1) is 18.2 Å². The van der Waals surface area contributed by atoms with Crippen molar-refractivity contribution in [1.29, 1.82) is 0 Å². The molecule has 0 radical (unpaired) electrons. The van der Waals surface area contributed by atoms with Crippen molar-refractivity contribution in [3.8, 4) is 0 Å². The zero-order valence-electron chi connectivity index (χ0n) is 12.6. The zero-order valence-corrected chi connectivity index (χ0v) is 14.9. The monoisotopic (exact) mass is 393 g/mol. The van der Waals surface area contributed by atoms with E-state index >= 15 is 0 Å². The van der Waals surface area contributed by atoms with Crippen molar-refractivity contribution in [2.45, 2.75) is 76.7 Å². The molecule has 116 valence electrons. The molecule has 4 nitrogen and oxygen atoms in total. The van der Waals surface area contributed by atoms with E-state index in [0.29, 0.717) is 24.3 Å². The number of fused-ring (bicyclic) bond motifs is 2. The Morgan fingerprint density at radius 3 is 2.55 bits per heavy atom. The molecule has 5 heteroatoms. The maximum Gasteiger partial charge on any atom is 0.191 e. The molecule has 0 amide bonds. The summed E-state index contributed by atoms with van der Waals surface area (Å²) in [6.07, 6.45) is 8.47. The molecule has 3 fully saturated rings. The standard InChI is InChI=1S/C15H27N3O.HI/c1-3-5-10-8-12(10)17-15(16-4-2)18-13-9-11-6-7-14(13)19-11;/h10-14H,3-9H2,1-2H3,(H2,16,17,18);1H. The van der Waals surface area contributed by atoms with Gasteiger partial charge in [-0.05, 0) is 44.9 Å². The van der Waals surface area contributed by atoms with Crippen molar-refractivity contribution < 1.29 is 4.74 Å². The van der Waals surface area contributed by atoms with Crippen LogP contribution in [0.15, 0.2) is 4.99 Å². The molecule has 0 aromatic rings. The van der Waals surface area contributed by atoms with Crippen molar-refractivity contribution in [1.82, 2.24) is 10.6 Å². The highest BCUT2D eigenvalue weighted by Gasteiger charge is 2.42. The van der Waals surface area contributed by atoms with E-state index in [1.807, 2.05) is 0 Å². The molecular weight excluding hydrogens is 365 g/mol. The van der Waals surface area contributed by atoms with Gasteiger partial charge in [0, 0.05) is 12.6 Å². The van der Waals surface area contributed by atoms with Crippen molar-refractivity contribution in [3.05, 3.63) is 0 Å². The Bertz CT molecular complexity index is 350. The average Bonchev–Trinajstić information content (AvgIpc) is 2.83. The normalized spacial score (nSPS) is 38.5. The second-order valence-corrected chi connectivity index (χ2v) is 6.22. The second kappa shape index (κ2) is 7.29. The van der Waals surface area contributed by atoms with Crippen LogP contribution in [0.1, 0.15) is 52.4 Å². The van der Waals surface area contributed by atoms with Crippen LogP contribution in [0.25, 0.3) is 0 Å². The van der Waals surface area contributed by atoms with Crippen LogP contribution in [0.2, 0.25) is 0 Å². The van der Waals surface area contributed by atoms with Crippen LogP contribution in [0.3, 0.4) is 0 Å². The van der Waals surface area contributed by atoms with Gasteiger partial charge >= 0.3 is 0 Å². The van der Waals surface area contributed by atoms with Crippen molar-refractivity contribution >= 4 is 29.9 Å². The Labute approximate surface area is 139 Å². The lowest BCUT2D eigenvalue weighted by molar-refractivity contribution is 0.0992. The third-order valence-electron chi connectivity index (χ3n) is 4.65. The van der Waals surface area contributed by atoms with Crippen LogP contribution in [-0.4, -0.2) is 36.8 Å². The number of aliphatic imine (C=N–C) groups is 1. The van der Waals surface area contributed by atoms with E-state index in [1.165, 1.54) is 32.1 Å². The van der Waals surface area contributed by atoms with Crippen LogP contribution < -0.4 is 10.6 Å². The first-order chi connectivity index (χ1) is 9.30. The Hall–Kier alpha value is -0.0400. The van der Waals surface area contributed by atoms with Gasteiger partial charge in [-0.2, -0.15) is 0 Å². The highest BCUT2D eigenvalue weighted by molar-refractivity contribution is 14.0. The van der Waals surface area contributed by atoms with Crippen LogP contribution in [-0.2, 0) is 4.74 Å². The molecule has 1 aliphatic carbocycles. The molecule has 2 bridgehead atoms. The molecule has 2 heterocycles. The lowest BCUT2D eigenvalue weighted by Crippen LogP contribution is -2.48. The minimum absolute atomic E-state index is 0. The lowest BCUT2D eigenvalue weighted by Gasteiger charge is -2.23. The summed E-state index contributed by atoms with van der Waals surface area (Å²) in [6.45, 7) is 5.19. The lowest BCUT2D eigenvalue weighted by atomic mass is 9.96. The summed E-state index contributed by atoms with van der Waals surface area (Å²) < 4.78 is 5.90. The van der Waals surface area contributed by atoms with Crippen molar-refractivity contribution in [2.75, 3.05) is 6.54 Å². The fourth-order valence-corrected chi connectivity index (χ4v) is 3.55. The Kier molecular flexibility index (Phi) is 5.95. The number of rotatable bonds is 5. The van der Waals surface area contributed by atoms with Gasteiger partial charge in [-0.1, -0.05) is 13.3 Å². The topological polar surface area (TPSA) is 45.7 Å². The summed E-state index contributed by atoms with van der Waals surface area (Å²) in [6, 6.07) is 1.12. The first kappa shape index (κ1) is 16.3. The highest BCUT2D eigenvalue weighted by atomic mass is 127. The van der Waals surface area contributed by atoms with E-state index in [-0.39, 0.29) is 24.0 Å². The van der Waals surface area contributed by atoms with Gasteiger partial charge in [0.25, 0.3) is 0 Å². The molecule has 3 rings (SSSR count). The van der Waals surface area contributed by atoms with Gasteiger partial charge in [0.2, 0.25) is 0 Å². The van der Waals surface area contributed by atoms with Gasteiger partial charge < -0.3 is 15.4 Å². The number of nitrogens with one attached hydrogen (secondary N) is 2. The fourth-order valence-electron chi connectivity index (χ4n) is 3.55. The first-order valence-corrected chi connectivity index (χ1v) is 8.03. The van der Waals surface area contributed by atoms with Gasteiger partial charge in [-0.15, -0.1) is 24.0 Å². The number of hydrogen-bond donors (Lipinski definition) is 2. The molecule has 2 N–H and O–H groups in total. The van der Waals surface area contributed by atoms with E-state index < -0.39 is 0 Å². The number of guanidine groups is 1. The maximum absolute atomic E-state index is 5.90. The summed E-state index contributed by atoms with van der Waals surface area (Å²) >= 11 is 0. The van der Waals surface area contributed by atoms with Gasteiger partial charge in [0.15, 0.2) is 5.96 Å². The third-order valence-corrected chi connectivity index (χ3v) is 4.65. The molecule has 0 spiro atoms. The number of nitrogens with zero attached hydrogens (tertiary/aromatic N) is 1. The van der Waals surface area contributed by atoms with E-state index in [1.54, 1.807) is 0 Å². The Morgan fingerprint density at radius 2 is 1.95 bits per heavy atom. The predicted octanol–water partition coefficient (Wildman–Crippen LogP) is 2.67. The fraction of sp³-hybridized carbons (Fsp3) is 0.933. The quantitative estimate of drug-likeness (QED) is 0.429. The van der Waals surface area contributed by atoms with Crippen LogP contribution >= 0.6 is 24.0 Å². The molecule has 5 atom stereocenters. The van der Waals surface area contributed by atoms with Gasteiger partial charge in [0.1, 0.15) is 0 Å².